The average Bonchev–Trinajstić information content (AvgIpc) is 3.06. The minimum atomic E-state index is 0.558. The Kier molecular flexibility index (Phi) is 3.37. The summed E-state index contributed by atoms with van der Waals surface area (Å²) in [5.41, 5.74) is 1.52. The number of rotatable bonds is 2. The van der Waals surface area contributed by atoms with Crippen LogP contribution in [-0.2, 0) is 12.8 Å². The van der Waals surface area contributed by atoms with Gasteiger partial charge in [0.05, 0.1) is 5.39 Å². The first-order chi connectivity index (χ1) is 10.3. The molecular weight excluding hydrogens is 278 g/mol. The van der Waals surface area contributed by atoms with Crippen LogP contribution in [0.3, 0.4) is 0 Å². The van der Waals surface area contributed by atoms with Crippen LogP contribution in [0.5, 0.6) is 0 Å². The molecule has 4 heteroatoms. The number of aromatic nitrogens is 2. The first-order valence-corrected chi connectivity index (χ1v) is 9.08. The highest BCUT2D eigenvalue weighted by atomic mass is 32.1. The van der Waals surface area contributed by atoms with Crippen molar-refractivity contribution in [2.45, 2.75) is 57.8 Å². The van der Waals surface area contributed by atoms with Gasteiger partial charge in [-0.3, -0.25) is 0 Å². The summed E-state index contributed by atoms with van der Waals surface area (Å²) in [6.45, 7) is 2.36. The minimum absolute atomic E-state index is 0.558. The fraction of sp³-hybridized carbons (Fsp3) is 0.647. The van der Waals surface area contributed by atoms with Crippen LogP contribution in [0.15, 0.2) is 0 Å². The zero-order chi connectivity index (χ0) is 14.4. The van der Waals surface area contributed by atoms with Crippen LogP contribution < -0.4 is 5.32 Å². The van der Waals surface area contributed by atoms with Crippen molar-refractivity contribution < 1.29 is 0 Å². The minimum Gasteiger partial charge on any atom is -0.372 e. The van der Waals surface area contributed by atoms with Crippen LogP contribution in [0, 0.1) is 5.92 Å². The second-order valence-electron chi connectivity index (χ2n) is 6.69. The molecule has 2 aliphatic carbocycles. The Morgan fingerprint density at radius 1 is 1.14 bits per heavy atom. The first-order valence-electron chi connectivity index (χ1n) is 8.26. The van der Waals surface area contributed by atoms with Crippen LogP contribution in [-0.4, -0.2) is 17.0 Å². The number of anilines is 1. The molecule has 0 radical (unpaired) electrons. The predicted octanol–water partition coefficient (Wildman–Crippen LogP) is 4.52. The van der Waals surface area contributed by atoms with Gasteiger partial charge in [0, 0.05) is 17.8 Å². The highest BCUT2D eigenvalue weighted by Crippen LogP contribution is 2.41. The summed E-state index contributed by atoms with van der Waals surface area (Å²) in [7, 11) is 1.99. The van der Waals surface area contributed by atoms with E-state index in [9.17, 15) is 0 Å². The van der Waals surface area contributed by atoms with Crippen LogP contribution in [0.1, 0.15) is 61.2 Å². The summed E-state index contributed by atoms with van der Waals surface area (Å²) in [4.78, 5) is 12.6. The van der Waals surface area contributed by atoms with Gasteiger partial charge in [-0.05, 0) is 43.6 Å². The van der Waals surface area contributed by atoms with Gasteiger partial charge in [0.25, 0.3) is 0 Å². The average molecular weight is 301 g/mol. The maximum atomic E-state index is 4.97. The maximum Gasteiger partial charge on any atom is 0.138 e. The molecule has 3 nitrogen and oxygen atoms in total. The van der Waals surface area contributed by atoms with Crippen molar-refractivity contribution in [3.63, 3.8) is 0 Å². The van der Waals surface area contributed by atoms with Crippen LogP contribution in [0.2, 0.25) is 0 Å². The van der Waals surface area contributed by atoms with Gasteiger partial charge in [-0.15, -0.1) is 11.3 Å². The van der Waals surface area contributed by atoms with Crippen molar-refractivity contribution in [3.05, 3.63) is 16.3 Å². The van der Waals surface area contributed by atoms with E-state index in [0.29, 0.717) is 5.92 Å². The number of nitrogens with one attached hydrogen (secondary N) is 1. The molecule has 2 atom stereocenters. The molecule has 2 aliphatic rings. The van der Waals surface area contributed by atoms with Crippen molar-refractivity contribution in [2.75, 3.05) is 12.4 Å². The predicted molar refractivity (Wildman–Crippen MR) is 89.4 cm³/mol. The Hall–Kier alpha value is -1.16. The first kappa shape index (κ1) is 13.5. The number of thiophene rings is 1. The molecule has 1 N–H and O–H groups in total. The van der Waals surface area contributed by atoms with Crippen molar-refractivity contribution in [1.82, 2.24) is 9.97 Å². The van der Waals surface area contributed by atoms with Gasteiger partial charge in [0.2, 0.25) is 0 Å². The van der Waals surface area contributed by atoms with Gasteiger partial charge in [0.1, 0.15) is 16.5 Å². The summed E-state index contributed by atoms with van der Waals surface area (Å²) < 4.78 is 0. The quantitative estimate of drug-likeness (QED) is 0.886. The number of fused-ring (bicyclic) bond motifs is 3. The van der Waals surface area contributed by atoms with Crippen molar-refractivity contribution in [1.29, 1.82) is 0 Å². The molecule has 0 bridgehead atoms. The van der Waals surface area contributed by atoms with E-state index >= 15 is 0 Å². The number of hydrogen-bond donors (Lipinski definition) is 1. The largest absolute Gasteiger partial charge is 0.372 e. The van der Waals surface area contributed by atoms with Crippen molar-refractivity contribution in [3.8, 4) is 0 Å². The van der Waals surface area contributed by atoms with Crippen LogP contribution >= 0.6 is 11.3 Å². The molecule has 2 aromatic rings. The standard InChI is InChI=1S/C17H23N3S/c1-10-5-3-6-11(9-10)15-19-16(18-2)14-12-7-4-8-13(12)21-17(14)20-15/h10-11H,3-9H2,1-2H3,(H,18,19,20). The Bertz CT molecular complexity index is 676. The highest BCUT2D eigenvalue weighted by Gasteiger charge is 2.26. The Morgan fingerprint density at radius 3 is 2.86 bits per heavy atom. The van der Waals surface area contributed by atoms with Crippen LogP contribution in [0.25, 0.3) is 10.2 Å². The summed E-state index contributed by atoms with van der Waals surface area (Å²) in [5.74, 6) is 3.52. The molecule has 112 valence electrons. The van der Waals surface area contributed by atoms with E-state index in [1.807, 2.05) is 18.4 Å². The van der Waals surface area contributed by atoms with E-state index in [4.69, 9.17) is 9.97 Å². The molecule has 2 heterocycles. The lowest BCUT2D eigenvalue weighted by Crippen LogP contribution is -2.15. The molecule has 0 amide bonds. The summed E-state index contributed by atoms with van der Waals surface area (Å²) in [5, 5.41) is 4.64. The van der Waals surface area contributed by atoms with Gasteiger partial charge in [-0.25, -0.2) is 9.97 Å². The molecule has 1 fully saturated rings. The third-order valence-corrected chi connectivity index (χ3v) is 6.31. The molecule has 0 spiro atoms. The zero-order valence-electron chi connectivity index (χ0n) is 12.9. The molecule has 0 saturated heterocycles. The monoisotopic (exact) mass is 301 g/mol. The van der Waals surface area contributed by atoms with E-state index in [2.05, 4.69) is 12.2 Å². The summed E-state index contributed by atoms with van der Waals surface area (Å²) in [6.07, 6.45) is 8.92. The fourth-order valence-electron chi connectivity index (χ4n) is 4.04. The van der Waals surface area contributed by atoms with Crippen molar-refractivity contribution >= 4 is 27.4 Å². The van der Waals surface area contributed by atoms with Gasteiger partial charge in [0.15, 0.2) is 0 Å². The van der Waals surface area contributed by atoms with E-state index in [-0.39, 0.29) is 0 Å². The molecule has 2 unspecified atom stereocenters. The molecule has 0 aliphatic heterocycles. The lowest BCUT2D eigenvalue weighted by molar-refractivity contribution is 0.336. The number of nitrogens with zero attached hydrogens (tertiary/aromatic N) is 2. The fourth-order valence-corrected chi connectivity index (χ4v) is 5.31. The molecular formula is C17H23N3S. The van der Waals surface area contributed by atoms with E-state index in [0.717, 1.165) is 17.6 Å². The Balaban J connectivity index is 1.81. The smallest absolute Gasteiger partial charge is 0.138 e. The van der Waals surface area contributed by atoms with E-state index < -0.39 is 0 Å². The Morgan fingerprint density at radius 2 is 2.05 bits per heavy atom. The third kappa shape index (κ3) is 2.24. The Labute approximate surface area is 130 Å². The molecule has 1 saturated carbocycles. The number of hydrogen-bond acceptors (Lipinski definition) is 4. The highest BCUT2D eigenvalue weighted by molar-refractivity contribution is 7.19. The lowest BCUT2D eigenvalue weighted by atomic mass is 9.82. The summed E-state index contributed by atoms with van der Waals surface area (Å²) >= 11 is 1.90. The second-order valence-corrected chi connectivity index (χ2v) is 7.77. The zero-order valence-corrected chi connectivity index (χ0v) is 13.7. The second kappa shape index (κ2) is 5.24. The molecule has 0 aromatic carbocycles. The lowest BCUT2D eigenvalue weighted by Gasteiger charge is -2.25. The third-order valence-electron chi connectivity index (χ3n) is 5.12. The number of aryl methyl sites for hydroxylation is 2. The normalized spacial score (nSPS) is 25.2. The van der Waals surface area contributed by atoms with Gasteiger partial charge in [-0.2, -0.15) is 0 Å². The molecule has 2 aromatic heterocycles. The van der Waals surface area contributed by atoms with Crippen LogP contribution in [0.4, 0.5) is 5.82 Å². The molecule has 4 rings (SSSR count). The van der Waals surface area contributed by atoms with Gasteiger partial charge in [-0.1, -0.05) is 19.8 Å². The van der Waals surface area contributed by atoms with E-state index in [1.54, 1.807) is 4.88 Å². The summed E-state index contributed by atoms with van der Waals surface area (Å²) in [6, 6.07) is 0. The van der Waals surface area contributed by atoms with Gasteiger partial charge < -0.3 is 5.32 Å². The van der Waals surface area contributed by atoms with Gasteiger partial charge >= 0.3 is 0 Å². The van der Waals surface area contributed by atoms with E-state index in [1.165, 1.54) is 60.7 Å². The van der Waals surface area contributed by atoms with Crippen molar-refractivity contribution in [2.24, 2.45) is 5.92 Å². The molecule has 21 heavy (non-hydrogen) atoms. The SMILES string of the molecule is CNc1nc(C2CCCC(C)C2)nc2sc3c(c12)CCC3. The topological polar surface area (TPSA) is 37.8 Å². The maximum absolute atomic E-state index is 4.97.